The molecule has 1 aliphatic rings. The molecule has 152 valence electrons. The Labute approximate surface area is 158 Å². The molecule has 3 rings (SSSR count). The maximum atomic E-state index is 13.0. The molecule has 0 atom stereocenters. The SMILES string of the molecule is O=C1c2noc(N(CCO)CCO)c2C(=O)c2noc(N(CCO)CCO)c21. The largest absolute Gasteiger partial charge is 0.395 e. The van der Waals surface area contributed by atoms with Crippen molar-refractivity contribution in [2.24, 2.45) is 0 Å². The predicted octanol–water partition coefficient (Wildman–Crippen LogP) is -1.98. The van der Waals surface area contributed by atoms with Gasteiger partial charge in [0.05, 0.1) is 26.4 Å². The molecule has 0 fully saturated rings. The zero-order chi connectivity index (χ0) is 20.3. The van der Waals surface area contributed by atoms with Crippen LogP contribution >= 0.6 is 0 Å². The molecule has 2 aromatic rings. The molecular formula is C16H20N4O8. The summed E-state index contributed by atoms with van der Waals surface area (Å²) < 4.78 is 10.4. The summed E-state index contributed by atoms with van der Waals surface area (Å²) in [7, 11) is 0. The van der Waals surface area contributed by atoms with Crippen LogP contribution in [-0.4, -0.2) is 94.9 Å². The Morgan fingerprint density at radius 1 is 0.643 bits per heavy atom. The Morgan fingerprint density at radius 3 is 1.25 bits per heavy atom. The van der Waals surface area contributed by atoms with Crippen molar-refractivity contribution in [2.45, 2.75) is 0 Å². The number of aliphatic hydroxyl groups excluding tert-OH is 4. The van der Waals surface area contributed by atoms with E-state index in [1.807, 2.05) is 0 Å². The van der Waals surface area contributed by atoms with Gasteiger partial charge in [0.15, 0.2) is 11.4 Å². The van der Waals surface area contributed by atoms with Crippen LogP contribution in [0.15, 0.2) is 9.05 Å². The van der Waals surface area contributed by atoms with Crippen LogP contribution in [-0.2, 0) is 0 Å². The third kappa shape index (κ3) is 3.26. The molecule has 0 saturated heterocycles. The first kappa shape index (κ1) is 19.9. The highest BCUT2D eigenvalue weighted by atomic mass is 16.5. The molecule has 12 heteroatoms. The normalized spacial score (nSPS) is 12.9. The third-order valence-corrected chi connectivity index (χ3v) is 4.29. The number of anilines is 2. The molecule has 28 heavy (non-hydrogen) atoms. The molecule has 4 N–H and O–H groups in total. The van der Waals surface area contributed by atoms with E-state index in [-0.39, 0.29) is 86.9 Å². The second-order valence-electron chi connectivity index (χ2n) is 5.95. The molecule has 12 nitrogen and oxygen atoms in total. The Hall–Kier alpha value is -2.80. The predicted molar refractivity (Wildman–Crippen MR) is 92.6 cm³/mol. The van der Waals surface area contributed by atoms with E-state index >= 15 is 0 Å². The molecule has 0 unspecified atom stereocenters. The van der Waals surface area contributed by atoms with Gasteiger partial charge in [0.1, 0.15) is 11.1 Å². The molecule has 2 heterocycles. The Balaban J connectivity index is 2.05. The lowest BCUT2D eigenvalue weighted by Gasteiger charge is -2.21. The van der Waals surface area contributed by atoms with Crippen molar-refractivity contribution < 1.29 is 39.1 Å². The van der Waals surface area contributed by atoms with Crippen molar-refractivity contribution in [3.05, 3.63) is 22.5 Å². The van der Waals surface area contributed by atoms with Gasteiger partial charge in [0.25, 0.3) is 0 Å². The maximum Gasteiger partial charge on any atom is 0.239 e. The van der Waals surface area contributed by atoms with Gasteiger partial charge in [-0.2, -0.15) is 0 Å². The van der Waals surface area contributed by atoms with Gasteiger partial charge in [0, 0.05) is 26.2 Å². The van der Waals surface area contributed by atoms with E-state index < -0.39 is 11.6 Å². The average Bonchev–Trinajstić information content (AvgIpc) is 3.31. The summed E-state index contributed by atoms with van der Waals surface area (Å²) in [5.41, 5.74) is -0.693. The molecule has 0 aromatic carbocycles. The summed E-state index contributed by atoms with van der Waals surface area (Å²) in [5.74, 6) is -1.39. The maximum absolute atomic E-state index is 13.0. The molecule has 0 amide bonds. The molecular weight excluding hydrogens is 376 g/mol. The minimum absolute atomic E-state index is 0.0470. The van der Waals surface area contributed by atoms with E-state index in [0.29, 0.717) is 0 Å². The van der Waals surface area contributed by atoms with Crippen LogP contribution in [0.4, 0.5) is 11.8 Å². The van der Waals surface area contributed by atoms with Crippen LogP contribution in [0.5, 0.6) is 0 Å². The zero-order valence-corrected chi connectivity index (χ0v) is 14.9. The lowest BCUT2D eigenvalue weighted by atomic mass is 9.92. The average molecular weight is 396 g/mol. The van der Waals surface area contributed by atoms with Gasteiger partial charge in [-0.05, 0) is 0 Å². The Morgan fingerprint density at radius 2 is 0.964 bits per heavy atom. The lowest BCUT2D eigenvalue weighted by molar-refractivity contribution is 0.0973. The molecule has 0 bridgehead atoms. The molecule has 0 radical (unpaired) electrons. The van der Waals surface area contributed by atoms with Crippen LogP contribution in [0.3, 0.4) is 0 Å². The number of hydrogen-bond donors (Lipinski definition) is 4. The van der Waals surface area contributed by atoms with E-state index in [4.69, 9.17) is 9.05 Å². The summed E-state index contributed by atoms with van der Waals surface area (Å²) in [4.78, 5) is 28.7. The summed E-state index contributed by atoms with van der Waals surface area (Å²) in [6.45, 7) is -0.851. The van der Waals surface area contributed by atoms with Crippen LogP contribution in [0.2, 0.25) is 0 Å². The van der Waals surface area contributed by atoms with E-state index in [1.165, 1.54) is 9.80 Å². The second kappa shape index (κ2) is 8.48. The summed E-state index contributed by atoms with van der Waals surface area (Å²) in [5, 5.41) is 44.2. The van der Waals surface area contributed by atoms with Crippen molar-refractivity contribution in [3.8, 4) is 0 Å². The van der Waals surface area contributed by atoms with Gasteiger partial charge in [-0.25, -0.2) is 0 Å². The number of nitrogens with zero attached hydrogens (tertiary/aromatic N) is 4. The number of aromatic nitrogens is 2. The number of aliphatic hydroxyl groups is 4. The summed E-state index contributed by atoms with van der Waals surface area (Å²) >= 11 is 0. The zero-order valence-electron chi connectivity index (χ0n) is 14.9. The molecule has 2 aromatic heterocycles. The summed E-state index contributed by atoms with van der Waals surface area (Å²) in [6.07, 6.45) is 0. The number of ketones is 2. The van der Waals surface area contributed by atoms with E-state index in [1.54, 1.807) is 0 Å². The van der Waals surface area contributed by atoms with Gasteiger partial charge in [-0.3, -0.25) is 9.59 Å². The van der Waals surface area contributed by atoms with Gasteiger partial charge >= 0.3 is 0 Å². The number of carbonyl (C=O) groups is 2. The van der Waals surface area contributed by atoms with Gasteiger partial charge in [-0.1, -0.05) is 10.3 Å². The van der Waals surface area contributed by atoms with E-state index in [2.05, 4.69) is 10.3 Å². The first-order chi connectivity index (χ1) is 13.6. The molecule has 1 aliphatic carbocycles. The fourth-order valence-electron chi connectivity index (χ4n) is 3.06. The molecule has 0 spiro atoms. The van der Waals surface area contributed by atoms with Crippen molar-refractivity contribution >= 4 is 23.3 Å². The van der Waals surface area contributed by atoms with Crippen molar-refractivity contribution in [1.82, 2.24) is 10.3 Å². The molecule has 0 aliphatic heterocycles. The smallest absolute Gasteiger partial charge is 0.239 e. The van der Waals surface area contributed by atoms with E-state index in [9.17, 15) is 30.0 Å². The van der Waals surface area contributed by atoms with Crippen molar-refractivity contribution in [1.29, 1.82) is 0 Å². The second-order valence-corrected chi connectivity index (χ2v) is 5.95. The first-order valence-corrected chi connectivity index (χ1v) is 8.61. The Bertz CT molecular complexity index is 779. The number of fused-ring (bicyclic) bond motifs is 2. The fourth-order valence-corrected chi connectivity index (χ4v) is 3.06. The standard InChI is InChI=1S/C16H20N4O8/c21-5-1-19(2-6-22)15-9-11(17-27-15)14(26)10-12(13(9)25)18-28-16(10)20(3-7-23)4-8-24/h21-24H,1-8H2. The monoisotopic (exact) mass is 396 g/mol. The van der Waals surface area contributed by atoms with Gasteiger partial charge in [0.2, 0.25) is 23.3 Å². The summed E-state index contributed by atoms with van der Waals surface area (Å²) in [6, 6.07) is 0. The highest BCUT2D eigenvalue weighted by Crippen LogP contribution is 2.37. The molecule has 0 saturated carbocycles. The van der Waals surface area contributed by atoms with Crippen LogP contribution in [0.1, 0.15) is 32.1 Å². The van der Waals surface area contributed by atoms with Crippen molar-refractivity contribution in [2.75, 3.05) is 62.4 Å². The first-order valence-electron chi connectivity index (χ1n) is 8.61. The Kier molecular flexibility index (Phi) is 6.04. The minimum atomic E-state index is -0.648. The number of carbonyl (C=O) groups excluding carboxylic acids is 2. The highest BCUT2D eigenvalue weighted by molar-refractivity contribution is 6.29. The number of rotatable bonds is 10. The highest BCUT2D eigenvalue weighted by Gasteiger charge is 2.43. The van der Waals surface area contributed by atoms with Crippen LogP contribution in [0.25, 0.3) is 0 Å². The van der Waals surface area contributed by atoms with E-state index in [0.717, 1.165) is 0 Å². The van der Waals surface area contributed by atoms with Gasteiger partial charge < -0.3 is 39.3 Å². The fraction of sp³-hybridized carbons (Fsp3) is 0.500. The van der Waals surface area contributed by atoms with Gasteiger partial charge in [-0.15, -0.1) is 0 Å². The van der Waals surface area contributed by atoms with Crippen LogP contribution < -0.4 is 9.80 Å². The van der Waals surface area contributed by atoms with Crippen molar-refractivity contribution in [3.63, 3.8) is 0 Å². The number of hydrogen-bond acceptors (Lipinski definition) is 12. The lowest BCUT2D eigenvalue weighted by Crippen LogP contribution is -2.33. The topological polar surface area (TPSA) is 174 Å². The third-order valence-electron chi connectivity index (χ3n) is 4.29. The van der Waals surface area contributed by atoms with Crippen LogP contribution in [0, 0.1) is 0 Å². The quantitative estimate of drug-likeness (QED) is 0.298. The minimum Gasteiger partial charge on any atom is -0.395 e.